The molecule has 2 aliphatic heterocycles. The molecule has 5 nitrogen and oxygen atoms in total. The Hall–Kier alpha value is -1.36. The first-order chi connectivity index (χ1) is 9.34. The summed E-state index contributed by atoms with van der Waals surface area (Å²) in [4.78, 5) is 14.5. The van der Waals surface area contributed by atoms with Gasteiger partial charge in [-0.3, -0.25) is 9.89 Å². The van der Waals surface area contributed by atoms with Crippen LogP contribution in [0.15, 0.2) is 12.3 Å². The summed E-state index contributed by atoms with van der Waals surface area (Å²) in [6.07, 6.45) is 7.37. The molecule has 5 heteroatoms. The van der Waals surface area contributed by atoms with E-state index in [-0.39, 0.29) is 6.04 Å². The average molecular weight is 262 g/mol. The lowest BCUT2D eigenvalue weighted by Crippen LogP contribution is -2.51. The first-order valence-corrected chi connectivity index (χ1v) is 7.36. The Balaban J connectivity index is 1.62. The van der Waals surface area contributed by atoms with Gasteiger partial charge in [-0.25, -0.2) is 0 Å². The van der Waals surface area contributed by atoms with Gasteiger partial charge in [-0.15, -0.1) is 0 Å². The molecule has 3 rings (SSSR count). The Morgan fingerprint density at radius 2 is 2.26 bits per heavy atom. The van der Waals surface area contributed by atoms with Crippen molar-refractivity contribution in [3.05, 3.63) is 18.0 Å². The number of aromatic amines is 1. The molecule has 2 atom stereocenters. The fourth-order valence-electron chi connectivity index (χ4n) is 3.21. The molecule has 1 aromatic rings. The van der Waals surface area contributed by atoms with Gasteiger partial charge in [0.25, 0.3) is 0 Å². The van der Waals surface area contributed by atoms with Gasteiger partial charge >= 0.3 is 0 Å². The molecule has 1 amide bonds. The van der Waals surface area contributed by atoms with Crippen molar-refractivity contribution in [3.63, 3.8) is 0 Å². The van der Waals surface area contributed by atoms with Gasteiger partial charge in [0.1, 0.15) is 0 Å². The highest BCUT2D eigenvalue weighted by Crippen LogP contribution is 2.26. The van der Waals surface area contributed by atoms with Crippen LogP contribution in [-0.4, -0.2) is 46.7 Å². The van der Waals surface area contributed by atoms with E-state index in [0.29, 0.717) is 11.8 Å². The summed E-state index contributed by atoms with van der Waals surface area (Å²) < 4.78 is 0. The largest absolute Gasteiger partial charge is 0.341 e. The third kappa shape index (κ3) is 2.81. The zero-order chi connectivity index (χ0) is 13.1. The fourth-order valence-corrected chi connectivity index (χ4v) is 3.21. The minimum Gasteiger partial charge on any atom is -0.341 e. The minimum absolute atomic E-state index is 0.0502. The molecule has 0 aromatic carbocycles. The Morgan fingerprint density at radius 3 is 3.00 bits per heavy atom. The van der Waals surface area contributed by atoms with Gasteiger partial charge in [0.15, 0.2) is 0 Å². The molecule has 3 heterocycles. The van der Waals surface area contributed by atoms with Crippen LogP contribution in [0.2, 0.25) is 0 Å². The van der Waals surface area contributed by atoms with Crippen molar-refractivity contribution in [2.75, 3.05) is 19.6 Å². The van der Waals surface area contributed by atoms with Gasteiger partial charge < -0.3 is 10.2 Å². The van der Waals surface area contributed by atoms with Gasteiger partial charge in [-0.1, -0.05) is 6.42 Å². The number of nitrogens with zero attached hydrogens (tertiary/aromatic N) is 2. The van der Waals surface area contributed by atoms with Crippen LogP contribution in [0, 0.1) is 0 Å². The number of amides is 1. The zero-order valence-electron chi connectivity index (χ0n) is 11.3. The first kappa shape index (κ1) is 12.7. The summed E-state index contributed by atoms with van der Waals surface area (Å²) in [5, 5.41) is 10.4. The molecular formula is C14H22N4O. The third-order valence-corrected chi connectivity index (χ3v) is 4.30. The van der Waals surface area contributed by atoms with Crippen LogP contribution in [0.4, 0.5) is 0 Å². The van der Waals surface area contributed by atoms with E-state index < -0.39 is 0 Å². The molecule has 1 unspecified atom stereocenters. The third-order valence-electron chi connectivity index (χ3n) is 4.30. The molecule has 0 spiro atoms. The number of likely N-dealkylation sites (tertiary alicyclic amines) is 1. The highest BCUT2D eigenvalue weighted by atomic mass is 16.2. The molecule has 0 radical (unpaired) electrons. The van der Waals surface area contributed by atoms with Crippen molar-refractivity contribution in [2.24, 2.45) is 0 Å². The quantitative estimate of drug-likeness (QED) is 0.843. The van der Waals surface area contributed by atoms with Crippen LogP contribution >= 0.6 is 0 Å². The van der Waals surface area contributed by atoms with E-state index >= 15 is 0 Å². The van der Waals surface area contributed by atoms with E-state index in [1.54, 1.807) is 6.20 Å². The molecule has 0 aliphatic carbocycles. The number of rotatable bonds is 2. The number of hydrogen-bond donors (Lipinski definition) is 2. The summed E-state index contributed by atoms with van der Waals surface area (Å²) in [7, 11) is 0. The van der Waals surface area contributed by atoms with E-state index in [1.165, 1.54) is 12.8 Å². The van der Waals surface area contributed by atoms with Crippen LogP contribution < -0.4 is 5.32 Å². The number of piperidine rings is 2. The van der Waals surface area contributed by atoms with Crippen LogP contribution in [0.1, 0.15) is 43.7 Å². The normalized spacial score (nSPS) is 28.3. The molecule has 0 bridgehead atoms. The van der Waals surface area contributed by atoms with Crippen LogP contribution in [0.25, 0.3) is 0 Å². The van der Waals surface area contributed by atoms with Crippen molar-refractivity contribution < 1.29 is 4.79 Å². The smallest absolute Gasteiger partial charge is 0.239 e. The summed E-state index contributed by atoms with van der Waals surface area (Å²) in [6, 6.07) is 2.08. The minimum atomic E-state index is 0.0502. The molecule has 2 N–H and O–H groups in total. The van der Waals surface area contributed by atoms with E-state index in [0.717, 1.165) is 44.6 Å². The lowest BCUT2D eigenvalue weighted by Gasteiger charge is -2.35. The zero-order valence-corrected chi connectivity index (χ0v) is 11.3. The van der Waals surface area contributed by atoms with E-state index in [1.807, 2.05) is 11.0 Å². The van der Waals surface area contributed by atoms with Gasteiger partial charge in [0, 0.05) is 30.9 Å². The molecule has 2 aliphatic rings. The maximum atomic E-state index is 12.5. The molecule has 1 aromatic heterocycles. The topological polar surface area (TPSA) is 61.0 Å². The summed E-state index contributed by atoms with van der Waals surface area (Å²) in [6.45, 7) is 2.72. The van der Waals surface area contributed by atoms with Crippen molar-refractivity contribution >= 4 is 5.91 Å². The molecule has 2 saturated heterocycles. The number of hydrogen-bond acceptors (Lipinski definition) is 3. The number of nitrogens with one attached hydrogen (secondary N) is 2. The maximum absolute atomic E-state index is 12.5. The van der Waals surface area contributed by atoms with E-state index in [9.17, 15) is 4.79 Å². The second kappa shape index (κ2) is 5.74. The van der Waals surface area contributed by atoms with Crippen molar-refractivity contribution in [1.29, 1.82) is 0 Å². The second-order valence-electron chi connectivity index (χ2n) is 5.64. The Morgan fingerprint density at radius 1 is 1.32 bits per heavy atom. The predicted molar refractivity (Wildman–Crippen MR) is 72.8 cm³/mol. The lowest BCUT2D eigenvalue weighted by atomic mass is 9.93. The first-order valence-electron chi connectivity index (χ1n) is 7.36. The number of aromatic nitrogens is 2. The maximum Gasteiger partial charge on any atom is 0.239 e. The van der Waals surface area contributed by atoms with Gasteiger partial charge in [0.05, 0.1) is 6.04 Å². The Kier molecular flexibility index (Phi) is 3.82. The molecule has 19 heavy (non-hydrogen) atoms. The van der Waals surface area contributed by atoms with Gasteiger partial charge in [0.2, 0.25) is 5.91 Å². The predicted octanol–water partition coefficient (Wildman–Crippen LogP) is 1.26. The van der Waals surface area contributed by atoms with Crippen molar-refractivity contribution in [2.45, 2.75) is 44.1 Å². The molecular weight excluding hydrogens is 240 g/mol. The van der Waals surface area contributed by atoms with Crippen LogP contribution in [0.3, 0.4) is 0 Å². The van der Waals surface area contributed by atoms with Crippen LogP contribution in [-0.2, 0) is 4.79 Å². The highest BCUT2D eigenvalue weighted by Gasteiger charge is 2.30. The van der Waals surface area contributed by atoms with Gasteiger partial charge in [-0.2, -0.15) is 5.10 Å². The second-order valence-corrected chi connectivity index (χ2v) is 5.64. The fraction of sp³-hybridized carbons (Fsp3) is 0.714. The summed E-state index contributed by atoms with van der Waals surface area (Å²) in [5.74, 6) is 0.715. The Bertz CT molecular complexity index is 411. The molecule has 104 valence electrons. The standard InChI is InChI=1S/C14H22N4O/c19-14(13-5-1-2-7-15-13)18-9-3-4-11(10-18)12-6-8-16-17-12/h6,8,11,13,15H,1-5,7,9-10H2,(H,16,17)/t11?,13-/m0/s1. The molecule has 2 fully saturated rings. The highest BCUT2D eigenvalue weighted by molar-refractivity contribution is 5.82. The average Bonchev–Trinajstić information content (AvgIpc) is 3.02. The molecule has 0 saturated carbocycles. The summed E-state index contributed by atoms with van der Waals surface area (Å²) >= 11 is 0. The number of H-pyrrole nitrogens is 1. The monoisotopic (exact) mass is 262 g/mol. The number of carbonyl (C=O) groups excluding carboxylic acids is 1. The SMILES string of the molecule is O=C([C@@H]1CCCCN1)N1CCCC(c2ccn[nH]2)C1. The van der Waals surface area contributed by atoms with Crippen LogP contribution in [0.5, 0.6) is 0 Å². The van der Waals surface area contributed by atoms with Crippen molar-refractivity contribution in [3.8, 4) is 0 Å². The summed E-state index contributed by atoms with van der Waals surface area (Å²) in [5.41, 5.74) is 1.16. The van der Waals surface area contributed by atoms with Crippen molar-refractivity contribution in [1.82, 2.24) is 20.4 Å². The van der Waals surface area contributed by atoms with E-state index in [4.69, 9.17) is 0 Å². The van der Waals surface area contributed by atoms with E-state index in [2.05, 4.69) is 15.5 Å². The number of carbonyl (C=O) groups is 1. The Labute approximate surface area is 113 Å². The lowest BCUT2D eigenvalue weighted by molar-refractivity contribution is -0.135. The van der Waals surface area contributed by atoms with Gasteiger partial charge in [-0.05, 0) is 38.3 Å².